The lowest BCUT2D eigenvalue weighted by molar-refractivity contribution is 0.0436. The average molecular weight is 429 g/mol. The van der Waals surface area contributed by atoms with Crippen molar-refractivity contribution in [3.63, 3.8) is 0 Å². The molecule has 3 aliphatic carbocycles. The highest BCUT2D eigenvalue weighted by atomic mass is 16.3. The molecule has 3 N–H and O–H groups in total. The van der Waals surface area contributed by atoms with E-state index in [0.717, 1.165) is 17.6 Å². The SMILES string of the molecule is C=C1/C(=C/C=C2\CCC[C@]3(C)[C@@H](C(C)/C=C/C(C)C(C)(C)O)CC[C@@H]23)C[C@@H](O)C[C@@H]1O. The van der Waals surface area contributed by atoms with Crippen molar-refractivity contribution in [1.29, 1.82) is 0 Å². The Bertz CT molecular complexity index is 753. The number of rotatable bonds is 5. The van der Waals surface area contributed by atoms with Gasteiger partial charge in [-0.15, -0.1) is 0 Å². The first-order valence-corrected chi connectivity index (χ1v) is 12.3. The zero-order valence-corrected chi connectivity index (χ0v) is 20.3. The third-order valence-corrected chi connectivity index (χ3v) is 8.75. The summed E-state index contributed by atoms with van der Waals surface area (Å²) in [5.74, 6) is 1.91. The van der Waals surface area contributed by atoms with Gasteiger partial charge >= 0.3 is 0 Å². The fourth-order valence-corrected chi connectivity index (χ4v) is 6.32. The van der Waals surface area contributed by atoms with Crippen LogP contribution >= 0.6 is 0 Å². The quantitative estimate of drug-likeness (QED) is 0.490. The van der Waals surface area contributed by atoms with Gasteiger partial charge in [0.1, 0.15) is 0 Å². The summed E-state index contributed by atoms with van der Waals surface area (Å²) in [5, 5.41) is 30.4. The molecule has 3 heteroatoms. The summed E-state index contributed by atoms with van der Waals surface area (Å²) in [6, 6.07) is 0. The molecule has 3 nitrogen and oxygen atoms in total. The molecule has 3 aliphatic rings. The maximum atomic E-state index is 10.3. The standard InChI is InChI=1S/C28H44O3/c1-18(9-10-19(2)27(4,5)31)24-13-14-25-21(8-7-15-28(24,25)6)11-12-22-16-23(29)17-26(30)20(22)3/h9-12,18-19,23-26,29-31H,3,7-8,13-17H2,1-2,4-6H3/b10-9+,21-11+,22-12+/t18?,19?,23-,24-,25+,26+,28-/m1/s1. The van der Waals surface area contributed by atoms with Crippen LogP contribution in [0.15, 0.2) is 47.6 Å². The van der Waals surface area contributed by atoms with Gasteiger partial charge in [0.05, 0.1) is 17.8 Å². The summed E-state index contributed by atoms with van der Waals surface area (Å²) in [6.07, 6.45) is 15.0. The van der Waals surface area contributed by atoms with Crippen LogP contribution in [0.1, 0.15) is 79.6 Å². The van der Waals surface area contributed by atoms with Gasteiger partial charge in [0.15, 0.2) is 0 Å². The molecule has 0 saturated heterocycles. The molecule has 0 aromatic rings. The highest BCUT2D eigenvalue weighted by Crippen LogP contribution is 2.59. The fourth-order valence-electron chi connectivity index (χ4n) is 6.32. The van der Waals surface area contributed by atoms with Crippen molar-refractivity contribution in [2.75, 3.05) is 0 Å². The van der Waals surface area contributed by atoms with Gasteiger partial charge in [-0.05, 0) is 86.7 Å². The summed E-state index contributed by atoms with van der Waals surface area (Å²) >= 11 is 0. The van der Waals surface area contributed by atoms with E-state index in [1.54, 1.807) is 0 Å². The van der Waals surface area contributed by atoms with Crippen molar-refractivity contribution in [2.45, 2.75) is 97.4 Å². The van der Waals surface area contributed by atoms with E-state index in [4.69, 9.17) is 0 Å². The summed E-state index contributed by atoms with van der Waals surface area (Å²) < 4.78 is 0. The number of hydrogen-bond donors (Lipinski definition) is 3. The lowest BCUT2D eigenvalue weighted by Crippen LogP contribution is -2.35. The molecule has 3 fully saturated rings. The third kappa shape index (κ3) is 5.26. The van der Waals surface area contributed by atoms with Crippen LogP contribution in [0.25, 0.3) is 0 Å². The second-order valence-corrected chi connectivity index (χ2v) is 11.4. The maximum Gasteiger partial charge on any atom is 0.0811 e. The fraction of sp³-hybridized carbons (Fsp3) is 0.714. The van der Waals surface area contributed by atoms with E-state index >= 15 is 0 Å². The highest BCUT2D eigenvalue weighted by molar-refractivity contribution is 5.38. The predicted octanol–water partition coefficient (Wildman–Crippen LogP) is 5.73. The van der Waals surface area contributed by atoms with E-state index in [2.05, 4.69) is 51.7 Å². The minimum absolute atomic E-state index is 0.141. The minimum Gasteiger partial charge on any atom is -0.393 e. The lowest BCUT2D eigenvalue weighted by atomic mass is 9.61. The topological polar surface area (TPSA) is 60.7 Å². The average Bonchev–Trinajstić information content (AvgIpc) is 3.04. The smallest absolute Gasteiger partial charge is 0.0811 e. The zero-order chi connectivity index (χ0) is 23.0. The van der Waals surface area contributed by atoms with Crippen molar-refractivity contribution in [3.05, 3.63) is 47.6 Å². The van der Waals surface area contributed by atoms with Crippen LogP contribution < -0.4 is 0 Å². The van der Waals surface area contributed by atoms with Crippen LogP contribution in [0, 0.1) is 29.1 Å². The number of fused-ring (bicyclic) bond motifs is 1. The first-order chi connectivity index (χ1) is 14.4. The molecule has 3 rings (SSSR count). The van der Waals surface area contributed by atoms with Crippen molar-refractivity contribution >= 4 is 0 Å². The molecule has 3 saturated carbocycles. The molecule has 31 heavy (non-hydrogen) atoms. The Morgan fingerprint density at radius 1 is 1.13 bits per heavy atom. The van der Waals surface area contributed by atoms with E-state index < -0.39 is 17.8 Å². The second kappa shape index (κ2) is 9.37. The van der Waals surface area contributed by atoms with Gasteiger partial charge in [-0.2, -0.15) is 0 Å². The molecule has 0 spiro atoms. The number of hydrogen-bond acceptors (Lipinski definition) is 3. The van der Waals surface area contributed by atoms with Gasteiger partial charge in [-0.3, -0.25) is 0 Å². The number of aliphatic hydroxyl groups is 3. The summed E-state index contributed by atoms with van der Waals surface area (Å²) in [7, 11) is 0. The van der Waals surface area contributed by atoms with E-state index in [9.17, 15) is 15.3 Å². The van der Waals surface area contributed by atoms with Crippen molar-refractivity contribution in [3.8, 4) is 0 Å². The molecule has 0 aromatic carbocycles. The van der Waals surface area contributed by atoms with E-state index in [1.807, 2.05) is 13.8 Å². The van der Waals surface area contributed by atoms with E-state index in [1.165, 1.54) is 31.3 Å². The van der Waals surface area contributed by atoms with Gasteiger partial charge in [0, 0.05) is 12.3 Å². The van der Waals surface area contributed by atoms with Crippen LogP contribution in [0.5, 0.6) is 0 Å². The lowest BCUT2D eigenvalue weighted by Gasteiger charge is -2.44. The predicted molar refractivity (Wildman–Crippen MR) is 128 cm³/mol. The third-order valence-electron chi connectivity index (χ3n) is 8.75. The second-order valence-electron chi connectivity index (χ2n) is 11.4. The molecule has 7 atom stereocenters. The van der Waals surface area contributed by atoms with Crippen LogP contribution in [0.4, 0.5) is 0 Å². The molecular weight excluding hydrogens is 384 g/mol. The summed E-state index contributed by atoms with van der Waals surface area (Å²) in [5.41, 5.74) is 2.93. The Labute approximate surface area is 189 Å². The first kappa shape index (κ1) is 24.5. The summed E-state index contributed by atoms with van der Waals surface area (Å²) in [4.78, 5) is 0. The number of allylic oxidation sites excluding steroid dienone is 4. The Kier molecular flexibility index (Phi) is 7.40. The normalized spacial score (nSPS) is 39.3. The van der Waals surface area contributed by atoms with Crippen molar-refractivity contribution in [1.82, 2.24) is 0 Å². The largest absolute Gasteiger partial charge is 0.393 e. The molecule has 2 unspecified atom stereocenters. The van der Waals surface area contributed by atoms with Gasteiger partial charge in [-0.1, -0.05) is 57.2 Å². The van der Waals surface area contributed by atoms with Gasteiger partial charge < -0.3 is 15.3 Å². The Morgan fingerprint density at radius 2 is 1.84 bits per heavy atom. The number of aliphatic hydroxyl groups excluding tert-OH is 2. The van der Waals surface area contributed by atoms with E-state index in [-0.39, 0.29) is 5.92 Å². The first-order valence-electron chi connectivity index (χ1n) is 12.3. The maximum absolute atomic E-state index is 10.3. The highest BCUT2D eigenvalue weighted by Gasteiger charge is 2.50. The molecule has 0 heterocycles. The van der Waals surface area contributed by atoms with Crippen LogP contribution in [-0.4, -0.2) is 33.1 Å². The van der Waals surface area contributed by atoms with Crippen LogP contribution in [-0.2, 0) is 0 Å². The van der Waals surface area contributed by atoms with Gasteiger partial charge in [-0.25, -0.2) is 0 Å². The molecule has 0 amide bonds. The minimum atomic E-state index is -0.684. The van der Waals surface area contributed by atoms with Gasteiger partial charge in [0.25, 0.3) is 0 Å². The Balaban J connectivity index is 1.76. The van der Waals surface area contributed by atoms with Crippen molar-refractivity contribution in [2.24, 2.45) is 29.1 Å². The van der Waals surface area contributed by atoms with Crippen molar-refractivity contribution < 1.29 is 15.3 Å². The van der Waals surface area contributed by atoms with Crippen LogP contribution in [0.3, 0.4) is 0 Å². The summed E-state index contributed by atoms with van der Waals surface area (Å²) in [6.45, 7) is 14.7. The molecule has 0 aliphatic heterocycles. The molecule has 0 aromatic heterocycles. The molecule has 0 radical (unpaired) electrons. The monoisotopic (exact) mass is 428 g/mol. The van der Waals surface area contributed by atoms with Gasteiger partial charge in [0.2, 0.25) is 0 Å². The zero-order valence-electron chi connectivity index (χ0n) is 20.3. The van der Waals surface area contributed by atoms with Crippen LogP contribution in [0.2, 0.25) is 0 Å². The Hall–Kier alpha value is -1.16. The molecule has 0 bridgehead atoms. The van der Waals surface area contributed by atoms with E-state index in [0.29, 0.717) is 36.0 Å². The molecular formula is C28H44O3. The Morgan fingerprint density at radius 3 is 2.52 bits per heavy atom. The molecule has 174 valence electrons.